The van der Waals surface area contributed by atoms with E-state index in [0.717, 1.165) is 10.5 Å². The number of aryl methyl sites for hydroxylation is 3. The molecule has 1 N–H and O–H groups in total. The van der Waals surface area contributed by atoms with Crippen LogP contribution in [0.15, 0.2) is 52.3 Å². The maximum absolute atomic E-state index is 12.3. The van der Waals surface area contributed by atoms with Gasteiger partial charge in [-0.15, -0.1) is 11.8 Å². The van der Waals surface area contributed by atoms with Gasteiger partial charge in [-0.1, -0.05) is 29.8 Å². The largest absolute Gasteiger partial charge is 0.274 e. The van der Waals surface area contributed by atoms with Gasteiger partial charge in [0.15, 0.2) is 0 Å². The molecule has 0 saturated carbocycles. The van der Waals surface area contributed by atoms with Crippen molar-refractivity contribution < 1.29 is 13.2 Å². The van der Waals surface area contributed by atoms with Crippen molar-refractivity contribution in [2.45, 2.75) is 37.0 Å². The smallest absolute Gasteiger partial charge is 0.264 e. The van der Waals surface area contributed by atoms with E-state index in [-0.39, 0.29) is 11.3 Å². The SMILES string of the molecule is Cc1ccc(SCCC(=O)NS(=O)(=O)c2cc(C)ccc2C)cc1. The molecule has 0 aromatic heterocycles. The van der Waals surface area contributed by atoms with Crippen molar-refractivity contribution in [2.75, 3.05) is 5.75 Å². The molecule has 0 unspecified atom stereocenters. The number of nitrogens with one attached hydrogen (secondary N) is 1. The summed E-state index contributed by atoms with van der Waals surface area (Å²) in [6.45, 7) is 5.55. The lowest BCUT2D eigenvalue weighted by molar-refractivity contribution is -0.118. The van der Waals surface area contributed by atoms with Crippen LogP contribution >= 0.6 is 11.8 Å². The lowest BCUT2D eigenvalue weighted by Crippen LogP contribution is -2.31. The molecule has 4 nitrogen and oxygen atoms in total. The number of hydrogen-bond acceptors (Lipinski definition) is 4. The fourth-order valence-corrected chi connectivity index (χ4v) is 4.35. The molecule has 6 heteroatoms. The van der Waals surface area contributed by atoms with Crippen LogP contribution in [-0.2, 0) is 14.8 Å². The van der Waals surface area contributed by atoms with Gasteiger partial charge in [-0.25, -0.2) is 13.1 Å². The van der Waals surface area contributed by atoms with Gasteiger partial charge >= 0.3 is 0 Å². The molecule has 0 saturated heterocycles. The molecule has 0 atom stereocenters. The number of hydrogen-bond donors (Lipinski definition) is 1. The van der Waals surface area contributed by atoms with Crippen molar-refractivity contribution >= 4 is 27.7 Å². The van der Waals surface area contributed by atoms with Crippen LogP contribution in [0.1, 0.15) is 23.1 Å². The Labute approximate surface area is 147 Å². The molecule has 128 valence electrons. The molecule has 0 aliphatic rings. The topological polar surface area (TPSA) is 63.2 Å². The normalized spacial score (nSPS) is 11.3. The van der Waals surface area contributed by atoms with E-state index < -0.39 is 15.9 Å². The first-order chi connectivity index (χ1) is 11.3. The van der Waals surface area contributed by atoms with Gasteiger partial charge < -0.3 is 0 Å². The summed E-state index contributed by atoms with van der Waals surface area (Å²) in [7, 11) is -3.82. The molecule has 2 aromatic carbocycles. The predicted molar refractivity (Wildman–Crippen MR) is 97.8 cm³/mol. The second-order valence-electron chi connectivity index (χ2n) is 5.71. The number of carbonyl (C=O) groups is 1. The highest BCUT2D eigenvalue weighted by molar-refractivity contribution is 7.99. The van der Waals surface area contributed by atoms with E-state index in [1.807, 2.05) is 44.2 Å². The lowest BCUT2D eigenvalue weighted by Gasteiger charge is -2.10. The van der Waals surface area contributed by atoms with Gasteiger partial charge in [-0.3, -0.25) is 4.79 Å². The summed E-state index contributed by atoms with van der Waals surface area (Å²) < 4.78 is 26.9. The van der Waals surface area contributed by atoms with Crippen LogP contribution in [0.5, 0.6) is 0 Å². The fraction of sp³-hybridized carbons (Fsp3) is 0.278. The van der Waals surface area contributed by atoms with Crippen LogP contribution in [0.2, 0.25) is 0 Å². The van der Waals surface area contributed by atoms with Crippen LogP contribution in [0.4, 0.5) is 0 Å². The average molecular weight is 364 g/mol. The van der Waals surface area contributed by atoms with Gasteiger partial charge in [0.25, 0.3) is 10.0 Å². The summed E-state index contributed by atoms with van der Waals surface area (Å²) in [4.78, 5) is 13.2. The first kappa shape index (κ1) is 18.5. The van der Waals surface area contributed by atoms with Crippen molar-refractivity contribution in [3.8, 4) is 0 Å². The molecule has 0 aliphatic heterocycles. The maximum atomic E-state index is 12.3. The molecule has 2 aromatic rings. The molecular formula is C18H21NO3S2. The van der Waals surface area contributed by atoms with E-state index in [1.54, 1.807) is 19.1 Å². The van der Waals surface area contributed by atoms with Gasteiger partial charge in [0.1, 0.15) is 0 Å². The second-order valence-corrected chi connectivity index (χ2v) is 8.53. The Kier molecular flexibility index (Phi) is 6.07. The van der Waals surface area contributed by atoms with Crippen molar-refractivity contribution in [3.63, 3.8) is 0 Å². The summed E-state index contributed by atoms with van der Waals surface area (Å²) in [5, 5.41) is 0. The molecule has 0 fully saturated rings. The molecule has 0 radical (unpaired) electrons. The van der Waals surface area contributed by atoms with E-state index >= 15 is 0 Å². The molecule has 24 heavy (non-hydrogen) atoms. The van der Waals surface area contributed by atoms with Gasteiger partial charge in [0.2, 0.25) is 5.91 Å². The van der Waals surface area contributed by atoms with Crippen LogP contribution in [-0.4, -0.2) is 20.1 Å². The molecule has 0 heterocycles. The summed E-state index contributed by atoms with van der Waals surface area (Å²) in [5.41, 5.74) is 2.63. The maximum Gasteiger partial charge on any atom is 0.264 e. The Bertz CT molecular complexity index is 828. The highest BCUT2D eigenvalue weighted by Crippen LogP contribution is 2.20. The van der Waals surface area contributed by atoms with Crippen molar-refractivity contribution in [3.05, 3.63) is 59.2 Å². The van der Waals surface area contributed by atoms with Gasteiger partial charge in [0, 0.05) is 17.1 Å². The van der Waals surface area contributed by atoms with Crippen molar-refractivity contribution in [2.24, 2.45) is 0 Å². The number of thioether (sulfide) groups is 1. The molecule has 2 rings (SSSR count). The lowest BCUT2D eigenvalue weighted by atomic mass is 10.2. The third-order valence-electron chi connectivity index (χ3n) is 3.50. The average Bonchev–Trinajstić information content (AvgIpc) is 2.51. The van der Waals surface area contributed by atoms with E-state index in [4.69, 9.17) is 0 Å². The number of carbonyl (C=O) groups excluding carboxylic acids is 1. The summed E-state index contributed by atoms with van der Waals surface area (Å²) in [6.07, 6.45) is 0.142. The molecule has 0 spiro atoms. The zero-order chi connectivity index (χ0) is 17.7. The Hall–Kier alpha value is -1.79. The highest BCUT2D eigenvalue weighted by atomic mass is 32.2. The third-order valence-corrected chi connectivity index (χ3v) is 6.03. The summed E-state index contributed by atoms with van der Waals surface area (Å²) in [5.74, 6) is 0.0348. The monoisotopic (exact) mass is 363 g/mol. The van der Waals surface area contributed by atoms with E-state index in [1.165, 1.54) is 17.3 Å². The zero-order valence-electron chi connectivity index (χ0n) is 14.0. The minimum absolute atomic E-state index is 0.142. The third kappa shape index (κ3) is 5.11. The Morgan fingerprint density at radius 2 is 1.62 bits per heavy atom. The molecule has 0 bridgehead atoms. The van der Waals surface area contributed by atoms with Gasteiger partial charge in [-0.2, -0.15) is 0 Å². The minimum atomic E-state index is -3.82. The number of rotatable bonds is 6. The molecular weight excluding hydrogens is 342 g/mol. The predicted octanol–water partition coefficient (Wildman–Crippen LogP) is 3.60. The van der Waals surface area contributed by atoms with Crippen molar-refractivity contribution in [1.29, 1.82) is 0 Å². The summed E-state index contributed by atoms with van der Waals surface area (Å²) in [6, 6.07) is 13.2. The van der Waals surface area contributed by atoms with Crippen molar-refractivity contribution in [1.82, 2.24) is 4.72 Å². The number of amides is 1. The fourth-order valence-electron chi connectivity index (χ4n) is 2.15. The van der Waals surface area contributed by atoms with Crippen LogP contribution in [0, 0.1) is 20.8 Å². The Balaban J connectivity index is 1.93. The van der Waals surface area contributed by atoms with Gasteiger partial charge in [-0.05, 0) is 50.1 Å². The first-order valence-corrected chi connectivity index (χ1v) is 10.1. The zero-order valence-corrected chi connectivity index (χ0v) is 15.6. The van der Waals surface area contributed by atoms with Crippen LogP contribution in [0.3, 0.4) is 0 Å². The minimum Gasteiger partial charge on any atom is -0.274 e. The van der Waals surface area contributed by atoms with E-state index in [9.17, 15) is 13.2 Å². The Morgan fingerprint density at radius 3 is 2.29 bits per heavy atom. The second kappa shape index (κ2) is 7.85. The van der Waals surface area contributed by atoms with Crippen LogP contribution in [0.25, 0.3) is 0 Å². The summed E-state index contributed by atoms with van der Waals surface area (Å²) >= 11 is 1.53. The van der Waals surface area contributed by atoms with Gasteiger partial charge in [0.05, 0.1) is 4.90 Å². The first-order valence-electron chi connectivity index (χ1n) is 7.60. The van der Waals surface area contributed by atoms with Crippen LogP contribution < -0.4 is 4.72 Å². The number of benzene rings is 2. The quantitative estimate of drug-likeness (QED) is 0.797. The Morgan fingerprint density at radius 1 is 1.00 bits per heavy atom. The highest BCUT2D eigenvalue weighted by Gasteiger charge is 2.19. The van der Waals surface area contributed by atoms with E-state index in [0.29, 0.717) is 11.3 Å². The number of sulfonamides is 1. The molecule has 0 aliphatic carbocycles. The molecule has 1 amide bonds. The standard InChI is InChI=1S/C18H21NO3S2/c1-13-5-8-16(9-6-13)23-11-10-18(20)19-24(21,22)17-12-14(2)4-7-15(17)3/h4-9,12H,10-11H2,1-3H3,(H,19,20). The van der Waals surface area contributed by atoms with E-state index in [2.05, 4.69) is 4.72 Å².